The molecule has 0 rings (SSSR count). The van der Waals surface area contributed by atoms with Crippen molar-refractivity contribution in [3.63, 3.8) is 0 Å². The van der Waals surface area contributed by atoms with Crippen molar-refractivity contribution in [2.75, 3.05) is 7.11 Å². The van der Waals surface area contributed by atoms with Crippen LogP contribution in [0.15, 0.2) is 5.76 Å². The highest BCUT2D eigenvalue weighted by Crippen LogP contribution is 1.76. The van der Waals surface area contributed by atoms with Gasteiger partial charge in [0.1, 0.15) is 0 Å². The number of methoxy groups -OCH3 is 1. The first-order chi connectivity index (χ1) is 3.35. The highest BCUT2D eigenvalue weighted by molar-refractivity contribution is 5.82. The van der Waals surface area contributed by atoms with E-state index >= 15 is 0 Å². The van der Waals surface area contributed by atoms with Gasteiger partial charge in [-0.3, -0.25) is 4.79 Å². The lowest BCUT2D eigenvalue weighted by Crippen LogP contribution is -1.86. The Morgan fingerprint density at radius 3 is 2.43 bits per heavy atom. The summed E-state index contributed by atoms with van der Waals surface area (Å²) >= 11 is 0. The fourth-order valence-electron chi connectivity index (χ4n) is 0.114. The summed E-state index contributed by atoms with van der Waals surface area (Å²) in [4.78, 5) is 19.0. The van der Waals surface area contributed by atoms with E-state index in [2.05, 4.69) is 4.74 Å². The lowest BCUT2D eigenvalue weighted by atomic mass is 10.6. The minimum Gasteiger partial charge on any atom is -0.484 e. The average Bonchev–Trinajstić information content (AvgIpc) is 1.72. The first kappa shape index (κ1) is 5.92. The number of ether oxygens (including phenoxy) is 1. The number of carbonyl (C=O) groups is 1. The van der Waals surface area contributed by atoms with Crippen molar-refractivity contribution >= 4 is 12.2 Å². The Bertz CT molecular complexity index is 110. The van der Waals surface area contributed by atoms with Gasteiger partial charge in [0.05, 0.1) is 7.11 Å². The number of carbonyl (C=O) groups excluding carboxylic acids is 2. The summed E-state index contributed by atoms with van der Waals surface area (Å²) in [6.45, 7) is 0. The van der Waals surface area contributed by atoms with Crippen molar-refractivity contribution < 1.29 is 14.3 Å². The fourth-order valence-corrected chi connectivity index (χ4v) is 0.114. The van der Waals surface area contributed by atoms with Crippen LogP contribution in [0.1, 0.15) is 0 Å². The quantitative estimate of drug-likeness (QED) is 0.204. The molecule has 0 radical (unpaired) electrons. The average molecular weight is 100 g/mol. The van der Waals surface area contributed by atoms with E-state index in [0.29, 0.717) is 6.29 Å². The molecule has 0 aromatic heterocycles. The predicted molar refractivity (Wildman–Crippen MR) is 22.3 cm³/mol. The van der Waals surface area contributed by atoms with Crippen LogP contribution in [0.3, 0.4) is 0 Å². The number of allylic oxidation sites excluding steroid dienone is 1. The third-order valence-corrected chi connectivity index (χ3v) is 0.428. The van der Waals surface area contributed by atoms with Gasteiger partial charge in [0.25, 0.3) is 0 Å². The van der Waals surface area contributed by atoms with Gasteiger partial charge < -0.3 is 4.74 Å². The molecule has 0 aliphatic carbocycles. The zero-order valence-corrected chi connectivity index (χ0v) is 3.80. The first-order valence-corrected chi connectivity index (χ1v) is 1.59. The summed E-state index contributed by atoms with van der Waals surface area (Å²) in [6, 6.07) is 0. The molecule has 0 saturated carbocycles. The Hall–Kier alpha value is -1.08. The van der Waals surface area contributed by atoms with E-state index in [0.717, 1.165) is 0 Å². The highest BCUT2D eigenvalue weighted by Gasteiger charge is 1.86. The van der Waals surface area contributed by atoms with Crippen molar-refractivity contribution in [3.8, 4) is 0 Å². The summed E-state index contributed by atoms with van der Waals surface area (Å²) in [5, 5.41) is 0. The second kappa shape index (κ2) is 3.12. The van der Waals surface area contributed by atoms with Crippen molar-refractivity contribution in [1.82, 2.24) is 0 Å². The van der Waals surface area contributed by atoms with Crippen molar-refractivity contribution in [2.45, 2.75) is 0 Å². The molecule has 0 heterocycles. The maximum atomic E-state index is 9.54. The molecule has 0 aliphatic rings. The van der Waals surface area contributed by atoms with Crippen molar-refractivity contribution in [1.29, 1.82) is 0 Å². The molecule has 3 nitrogen and oxygen atoms in total. The topological polar surface area (TPSA) is 43.4 Å². The Balaban J connectivity index is 3.86. The van der Waals surface area contributed by atoms with E-state index in [1.54, 1.807) is 0 Å². The van der Waals surface area contributed by atoms with Crippen LogP contribution in [-0.2, 0) is 14.3 Å². The molecule has 0 atom stereocenters. The maximum Gasteiger partial charge on any atom is 0.244 e. The monoisotopic (exact) mass is 100 g/mol. The van der Waals surface area contributed by atoms with Gasteiger partial charge in [-0.1, -0.05) is 0 Å². The van der Waals surface area contributed by atoms with Crippen LogP contribution >= 0.6 is 0 Å². The van der Waals surface area contributed by atoms with Gasteiger partial charge in [-0.15, -0.1) is 0 Å². The zero-order valence-electron chi connectivity index (χ0n) is 3.80. The van der Waals surface area contributed by atoms with Crippen molar-refractivity contribution in [2.24, 2.45) is 0 Å². The van der Waals surface area contributed by atoms with E-state index in [1.807, 2.05) is 0 Å². The van der Waals surface area contributed by atoms with Crippen LogP contribution < -0.4 is 0 Å². The molecular weight excluding hydrogens is 96.0 g/mol. The molecule has 0 amide bonds. The number of aldehydes is 1. The zero-order chi connectivity index (χ0) is 5.70. The molecule has 0 aromatic rings. The normalized spacial score (nSPS) is 6.43. The fraction of sp³-hybridized carbons (Fsp3) is 0.250. The minimum atomic E-state index is -0.306. The summed E-state index contributed by atoms with van der Waals surface area (Å²) in [5.74, 6) is 0.972. The lowest BCUT2D eigenvalue weighted by molar-refractivity contribution is -0.107. The summed E-state index contributed by atoms with van der Waals surface area (Å²) < 4.78 is 4.17. The molecule has 0 unspecified atom stereocenters. The second-order valence-corrected chi connectivity index (χ2v) is 0.788. The predicted octanol–water partition coefficient (Wildman–Crippen LogP) is -0.453. The van der Waals surface area contributed by atoms with Crippen LogP contribution in [-0.4, -0.2) is 19.3 Å². The van der Waals surface area contributed by atoms with Gasteiger partial charge >= 0.3 is 0 Å². The Kier molecular flexibility index (Phi) is 2.64. The van der Waals surface area contributed by atoms with Gasteiger partial charge in [-0.05, 0) is 0 Å². The van der Waals surface area contributed by atoms with Gasteiger partial charge in [-0.25, -0.2) is 4.79 Å². The Labute approximate surface area is 40.6 Å². The van der Waals surface area contributed by atoms with E-state index in [-0.39, 0.29) is 5.76 Å². The molecule has 0 bridgehead atoms. The van der Waals surface area contributed by atoms with E-state index in [4.69, 9.17) is 0 Å². The summed E-state index contributed by atoms with van der Waals surface area (Å²) in [6.07, 6.45) is 0.299. The molecule has 0 N–H and O–H groups in total. The van der Waals surface area contributed by atoms with E-state index in [1.165, 1.54) is 13.1 Å². The number of rotatable bonds is 2. The molecule has 7 heavy (non-hydrogen) atoms. The Morgan fingerprint density at radius 2 is 2.43 bits per heavy atom. The molecule has 38 valence electrons. The minimum absolute atomic E-state index is 0.299. The molecule has 3 heteroatoms. The van der Waals surface area contributed by atoms with Gasteiger partial charge in [0.2, 0.25) is 5.76 Å². The summed E-state index contributed by atoms with van der Waals surface area (Å²) in [5.41, 5.74) is 0. The van der Waals surface area contributed by atoms with Crippen LogP contribution in [0.25, 0.3) is 0 Å². The molecular formula is C4H4O3. The molecule has 0 spiro atoms. The molecule has 0 aliphatic heterocycles. The number of hydrogen-bond donors (Lipinski definition) is 0. The first-order valence-electron chi connectivity index (χ1n) is 1.59. The lowest BCUT2D eigenvalue weighted by Gasteiger charge is -1.84. The molecule has 0 saturated heterocycles. The van der Waals surface area contributed by atoms with Crippen LogP contribution in [0.4, 0.5) is 0 Å². The van der Waals surface area contributed by atoms with Crippen molar-refractivity contribution in [3.05, 3.63) is 5.76 Å². The number of hydrogen-bond acceptors (Lipinski definition) is 3. The van der Waals surface area contributed by atoms with Crippen LogP contribution in [0.2, 0.25) is 0 Å². The standard InChI is InChI=1S/C4H4O3/c1-7-4(2-5)3-6/h2H,1H3. The Morgan fingerprint density at radius 1 is 1.86 bits per heavy atom. The van der Waals surface area contributed by atoms with E-state index in [9.17, 15) is 9.59 Å². The SMILES string of the molecule is COC(=C=O)C=O. The highest BCUT2D eigenvalue weighted by atomic mass is 16.5. The van der Waals surface area contributed by atoms with Gasteiger partial charge in [-0.2, -0.15) is 0 Å². The van der Waals surface area contributed by atoms with Gasteiger partial charge in [0, 0.05) is 0 Å². The van der Waals surface area contributed by atoms with Crippen LogP contribution in [0, 0.1) is 0 Å². The molecule has 0 aromatic carbocycles. The van der Waals surface area contributed by atoms with Gasteiger partial charge in [0.15, 0.2) is 12.2 Å². The largest absolute Gasteiger partial charge is 0.484 e. The summed E-state index contributed by atoms with van der Waals surface area (Å²) in [7, 11) is 1.23. The molecule has 0 fully saturated rings. The van der Waals surface area contributed by atoms with Crippen LogP contribution in [0.5, 0.6) is 0 Å². The second-order valence-electron chi connectivity index (χ2n) is 0.788. The third kappa shape index (κ3) is 1.73. The third-order valence-electron chi connectivity index (χ3n) is 0.428. The maximum absolute atomic E-state index is 9.54. The van der Waals surface area contributed by atoms with E-state index < -0.39 is 0 Å². The smallest absolute Gasteiger partial charge is 0.244 e.